The topological polar surface area (TPSA) is 52.0 Å². The first kappa shape index (κ1) is 10.4. The van der Waals surface area contributed by atoms with E-state index in [9.17, 15) is 0 Å². The Morgan fingerprint density at radius 1 is 1.47 bits per heavy atom. The molecule has 2 aromatic rings. The van der Waals surface area contributed by atoms with Crippen molar-refractivity contribution in [3.8, 4) is 10.8 Å². The number of aromatic nitrogens is 1. The molecular formula is C11H14N2OS. The number of aryl methyl sites for hydroxylation is 2. The van der Waals surface area contributed by atoms with Gasteiger partial charge in [0.2, 0.25) is 5.89 Å². The monoisotopic (exact) mass is 222 g/mol. The summed E-state index contributed by atoms with van der Waals surface area (Å²) < 4.78 is 5.63. The van der Waals surface area contributed by atoms with Gasteiger partial charge < -0.3 is 10.2 Å². The summed E-state index contributed by atoms with van der Waals surface area (Å²) in [4.78, 5) is 6.62. The van der Waals surface area contributed by atoms with E-state index in [-0.39, 0.29) is 0 Å². The molecule has 0 aromatic carbocycles. The summed E-state index contributed by atoms with van der Waals surface area (Å²) >= 11 is 1.70. The van der Waals surface area contributed by atoms with Gasteiger partial charge in [-0.1, -0.05) is 0 Å². The Bertz CT molecular complexity index is 433. The third-order valence-corrected chi connectivity index (χ3v) is 3.12. The van der Waals surface area contributed by atoms with Crippen molar-refractivity contribution < 1.29 is 4.42 Å². The molecular weight excluding hydrogens is 208 g/mol. The van der Waals surface area contributed by atoms with Crippen molar-refractivity contribution in [2.24, 2.45) is 5.73 Å². The third kappa shape index (κ3) is 2.46. The number of hydrogen-bond donors (Lipinski definition) is 1. The van der Waals surface area contributed by atoms with E-state index in [4.69, 9.17) is 10.2 Å². The molecule has 2 aromatic heterocycles. The first-order chi connectivity index (χ1) is 7.29. The smallest absolute Gasteiger partial charge is 0.236 e. The molecule has 0 unspecified atom stereocenters. The maximum atomic E-state index is 5.63. The van der Waals surface area contributed by atoms with E-state index in [1.807, 2.05) is 6.07 Å². The summed E-state index contributed by atoms with van der Waals surface area (Å²) in [5, 5.41) is 0. The molecule has 0 radical (unpaired) electrons. The fourth-order valence-electron chi connectivity index (χ4n) is 1.36. The number of oxazole rings is 1. The van der Waals surface area contributed by atoms with Crippen LogP contribution >= 0.6 is 11.3 Å². The van der Waals surface area contributed by atoms with Gasteiger partial charge in [-0.25, -0.2) is 4.98 Å². The summed E-state index contributed by atoms with van der Waals surface area (Å²) in [6.07, 6.45) is 3.60. The van der Waals surface area contributed by atoms with Gasteiger partial charge in [-0.2, -0.15) is 0 Å². The molecule has 0 saturated heterocycles. The molecule has 15 heavy (non-hydrogen) atoms. The number of rotatable bonds is 4. The van der Waals surface area contributed by atoms with Gasteiger partial charge in [0, 0.05) is 11.3 Å². The predicted octanol–water partition coefficient (Wildman–Crippen LogP) is 2.60. The largest absolute Gasteiger partial charge is 0.440 e. The lowest BCUT2D eigenvalue weighted by Gasteiger charge is -1.92. The van der Waals surface area contributed by atoms with E-state index in [0.29, 0.717) is 6.54 Å². The lowest BCUT2D eigenvalue weighted by atomic mass is 10.3. The summed E-state index contributed by atoms with van der Waals surface area (Å²) in [6, 6.07) is 4.11. The zero-order valence-electron chi connectivity index (χ0n) is 8.69. The lowest BCUT2D eigenvalue weighted by molar-refractivity contribution is 0.512. The minimum atomic E-state index is 0.689. The molecule has 0 aliphatic rings. The van der Waals surface area contributed by atoms with Crippen molar-refractivity contribution >= 4 is 11.3 Å². The fourth-order valence-corrected chi connectivity index (χ4v) is 2.16. The fraction of sp³-hybridized carbons (Fsp3) is 0.364. The number of nitrogens with two attached hydrogens (primary N) is 1. The van der Waals surface area contributed by atoms with Crippen molar-refractivity contribution in [2.75, 3.05) is 6.54 Å². The van der Waals surface area contributed by atoms with Crippen molar-refractivity contribution in [1.82, 2.24) is 4.98 Å². The highest BCUT2D eigenvalue weighted by molar-refractivity contribution is 7.15. The minimum Gasteiger partial charge on any atom is -0.440 e. The molecule has 0 atom stereocenters. The highest BCUT2D eigenvalue weighted by Gasteiger charge is 2.07. The van der Waals surface area contributed by atoms with Gasteiger partial charge in [0.25, 0.3) is 0 Å². The number of thiophene rings is 1. The Balaban J connectivity index is 2.13. The van der Waals surface area contributed by atoms with Gasteiger partial charge >= 0.3 is 0 Å². The van der Waals surface area contributed by atoms with Gasteiger partial charge in [-0.05, 0) is 32.0 Å². The Kier molecular flexibility index (Phi) is 3.18. The second-order valence-electron chi connectivity index (χ2n) is 3.43. The van der Waals surface area contributed by atoms with E-state index < -0.39 is 0 Å². The SMILES string of the molecule is Cc1ccc(-c2ncc(CCCN)o2)s1. The highest BCUT2D eigenvalue weighted by Crippen LogP contribution is 2.27. The maximum absolute atomic E-state index is 5.63. The van der Waals surface area contributed by atoms with Crippen molar-refractivity contribution in [3.05, 3.63) is 29.0 Å². The van der Waals surface area contributed by atoms with Crippen LogP contribution in [0.3, 0.4) is 0 Å². The maximum Gasteiger partial charge on any atom is 0.236 e. The van der Waals surface area contributed by atoms with E-state index in [1.54, 1.807) is 17.5 Å². The van der Waals surface area contributed by atoms with Gasteiger partial charge in [-0.3, -0.25) is 0 Å². The second-order valence-corrected chi connectivity index (χ2v) is 4.72. The van der Waals surface area contributed by atoms with Crippen LogP contribution in [-0.4, -0.2) is 11.5 Å². The van der Waals surface area contributed by atoms with E-state index in [1.165, 1.54) is 4.88 Å². The van der Waals surface area contributed by atoms with Crippen LogP contribution in [0.15, 0.2) is 22.7 Å². The van der Waals surface area contributed by atoms with Crippen LogP contribution in [0.2, 0.25) is 0 Å². The van der Waals surface area contributed by atoms with Crippen LogP contribution in [0.5, 0.6) is 0 Å². The standard InChI is InChI=1S/C11H14N2OS/c1-8-4-5-10(15-8)11-13-7-9(14-11)3-2-6-12/h4-5,7H,2-3,6,12H2,1H3. The molecule has 0 bridgehead atoms. The molecule has 2 heterocycles. The molecule has 2 N–H and O–H groups in total. The van der Waals surface area contributed by atoms with Crippen LogP contribution in [-0.2, 0) is 6.42 Å². The quantitative estimate of drug-likeness (QED) is 0.865. The van der Waals surface area contributed by atoms with Crippen molar-refractivity contribution in [3.63, 3.8) is 0 Å². The van der Waals surface area contributed by atoms with Gasteiger partial charge in [0.05, 0.1) is 11.1 Å². The molecule has 0 aliphatic carbocycles. The van der Waals surface area contributed by atoms with Crippen LogP contribution in [0.25, 0.3) is 10.8 Å². The molecule has 0 fully saturated rings. The summed E-state index contributed by atoms with van der Waals surface area (Å²) in [7, 11) is 0. The minimum absolute atomic E-state index is 0.689. The summed E-state index contributed by atoms with van der Waals surface area (Å²) in [6.45, 7) is 2.76. The molecule has 0 saturated carbocycles. The van der Waals surface area contributed by atoms with E-state index in [0.717, 1.165) is 29.4 Å². The van der Waals surface area contributed by atoms with Gasteiger partial charge in [0.15, 0.2) is 0 Å². The molecule has 3 nitrogen and oxygen atoms in total. The molecule has 0 aliphatic heterocycles. The normalized spacial score (nSPS) is 10.8. The molecule has 2 rings (SSSR count). The Morgan fingerprint density at radius 3 is 3.00 bits per heavy atom. The molecule has 4 heteroatoms. The summed E-state index contributed by atoms with van der Waals surface area (Å²) in [5.41, 5.74) is 5.44. The average Bonchev–Trinajstić information content (AvgIpc) is 2.83. The van der Waals surface area contributed by atoms with Crippen LogP contribution < -0.4 is 5.73 Å². The predicted molar refractivity (Wildman–Crippen MR) is 61.9 cm³/mol. The lowest BCUT2D eigenvalue weighted by Crippen LogP contribution is -1.99. The molecule has 80 valence electrons. The zero-order valence-corrected chi connectivity index (χ0v) is 9.51. The first-order valence-corrected chi connectivity index (χ1v) is 5.83. The van der Waals surface area contributed by atoms with Gasteiger partial charge in [-0.15, -0.1) is 11.3 Å². The third-order valence-electron chi connectivity index (χ3n) is 2.13. The number of nitrogens with zero attached hydrogens (tertiary/aromatic N) is 1. The first-order valence-electron chi connectivity index (χ1n) is 5.01. The van der Waals surface area contributed by atoms with Crippen LogP contribution in [0.1, 0.15) is 17.1 Å². The second kappa shape index (κ2) is 4.59. The Labute approximate surface area is 92.9 Å². The highest BCUT2D eigenvalue weighted by atomic mass is 32.1. The average molecular weight is 222 g/mol. The van der Waals surface area contributed by atoms with E-state index >= 15 is 0 Å². The van der Waals surface area contributed by atoms with Gasteiger partial charge in [0.1, 0.15) is 5.76 Å². The van der Waals surface area contributed by atoms with Crippen LogP contribution in [0.4, 0.5) is 0 Å². The Hall–Kier alpha value is -1.13. The Morgan fingerprint density at radius 2 is 2.33 bits per heavy atom. The zero-order chi connectivity index (χ0) is 10.7. The van der Waals surface area contributed by atoms with Crippen LogP contribution in [0, 0.1) is 6.92 Å². The number of hydrogen-bond acceptors (Lipinski definition) is 4. The van der Waals surface area contributed by atoms with Crippen molar-refractivity contribution in [2.45, 2.75) is 19.8 Å². The van der Waals surface area contributed by atoms with E-state index in [2.05, 4.69) is 18.0 Å². The molecule has 0 amide bonds. The van der Waals surface area contributed by atoms with Crippen molar-refractivity contribution in [1.29, 1.82) is 0 Å². The summed E-state index contributed by atoms with van der Waals surface area (Å²) in [5.74, 6) is 1.64. The molecule has 0 spiro atoms.